The molecule has 5 nitrogen and oxygen atoms in total. The third-order valence-corrected chi connectivity index (χ3v) is 4.63. The number of hydrogen-bond acceptors (Lipinski definition) is 5. The summed E-state index contributed by atoms with van der Waals surface area (Å²) in [7, 11) is 2.24. The zero-order chi connectivity index (χ0) is 16.1. The smallest absolute Gasteiger partial charge is 0.245 e. The van der Waals surface area contributed by atoms with Gasteiger partial charge in [-0.15, -0.1) is 0 Å². The van der Waals surface area contributed by atoms with Gasteiger partial charge >= 0.3 is 0 Å². The van der Waals surface area contributed by atoms with E-state index in [1.54, 1.807) is 0 Å². The van der Waals surface area contributed by atoms with Crippen molar-refractivity contribution in [3.63, 3.8) is 0 Å². The van der Waals surface area contributed by atoms with Crippen LogP contribution >= 0.6 is 0 Å². The summed E-state index contributed by atoms with van der Waals surface area (Å²) in [5.41, 5.74) is 2.46. The number of benzene rings is 1. The number of nitrogens with one attached hydrogen (secondary N) is 1. The Kier molecular flexibility index (Phi) is 5.28. The normalized spacial score (nSPS) is 16.0. The van der Waals surface area contributed by atoms with Crippen molar-refractivity contribution in [3.05, 3.63) is 41.5 Å². The van der Waals surface area contributed by atoms with E-state index in [1.807, 2.05) is 6.92 Å². The molecule has 1 saturated carbocycles. The number of para-hydroxylation sites is 1. The summed E-state index contributed by atoms with van der Waals surface area (Å²) in [6, 6.07) is 9.20. The van der Waals surface area contributed by atoms with E-state index in [2.05, 4.69) is 51.7 Å². The molecule has 0 atom stereocenters. The Morgan fingerprint density at radius 2 is 2.00 bits per heavy atom. The topological polar surface area (TPSA) is 54.2 Å². The van der Waals surface area contributed by atoms with Crippen LogP contribution in [0.4, 0.5) is 5.69 Å². The van der Waals surface area contributed by atoms with Crippen LogP contribution in [-0.4, -0.2) is 28.1 Å². The van der Waals surface area contributed by atoms with Gasteiger partial charge in [0.15, 0.2) is 5.82 Å². The number of rotatable bonds is 6. The van der Waals surface area contributed by atoms with Crippen LogP contribution in [0.2, 0.25) is 0 Å². The lowest BCUT2D eigenvalue weighted by atomic mass is 9.94. The van der Waals surface area contributed by atoms with Gasteiger partial charge in [-0.05, 0) is 38.4 Å². The average molecular weight is 314 g/mol. The Morgan fingerprint density at radius 1 is 1.22 bits per heavy atom. The van der Waals surface area contributed by atoms with Crippen LogP contribution in [0.15, 0.2) is 28.8 Å². The molecule has 1 fully saturated rings. The maximum Gasteiger partial charge on any atom is 0.245 e. The maximum atomic E-state index is 5.17. The van der Waals surface area contributed by atoms with Gasteiger partial charge in [0.25, 0.3) is 0 Å². The Balaban J connectivity index is 1.62. The fourth-order valence-corrected chi connectivity index (χ4v) is 3.33. The van der Waals surface area contributed by atoms with E-state index in [0.29, 0.717) is 18.3 Å². The highest BCUT2D eigenvalue weighted by Gasteiger charge is 2.18. The fourth-order valence-electron chi connectivity index (χ4n) is 3.33. The third kappa shape index (κ3) is 4.32. The van der Waals surface area contributed by atoms with Crippen molar-refractivity contribution < 1.29 is 4.52 Å². The molecule has 1 N–H and O–H groups in total. The van der Waals surface area contributed by atoms with E-state index in [4.69, 9.17) is 4.52 Å². The number of aromatic nitrogens is 2. The minimum atomic E-state index is 0.561. The van der Waals surface area contributed by atoms with E-state index < -0.39 is 0 Å². The number of hydrogen-bond donors (Lipinski definition) is 1. The van der Waals surface area contributed by atoms with Crippen LogP contribution in [0.1, 0.15) is 49.4 Å². The van der Waals surface area contributed by atoms with Crippen molar-refractivity contribution in [2.75, 3.05) is 12.4 Å². The molecule has 1 aromatic heterocycles. The second-order valence-corrected chi connectivity index (χ2v) is 6.45. The molecule has 1 aliphatic carbocycles. The summed E-state index contributed by atoms with van der Waals surface area (Å²) in [4.78, 5) is 6.74. The predicted molar refractivity (Wildman–Crippen MR) is 91.1 cm³/mol. The van der Waals surface area contributed by atoms with Gasteiger partial charge in [-0.25, -0.2) is 0 Å². The molecular formula is C18H26N4O. The first kappa shape index (κ1) is 16.0. The third-order valence-electron chi connectivity index (χ3n) is 4.63. The van der Waals surface area contributed by atoms with Crippen LogP contribution in [0.3, 0.4) is 0 Å². The first-order chi connectivity index (χ1) is 11.2. The zero-order valence-corrected chi connectivity index (χ0v) is 14.1. The molecule has 0 spiro atoms. The molecule has 0 unspecified atom stereocenters. The van der Waals surface area contributed by atoms with Crippen LogP contribution in [0, 0.1) is 6.92 Å². The lowest BCUT2D eigenvalue weighted by molar-refractivity contribution is 0.185. The van der Waals surface area contributed by atoms with Crippen LogP contribution in [-0.2, 0) is 13.1 Å². The van der Waals surface area contributed by atoms with Gasteiger partial charge in [0.2, 0.25) is 5.89 Å². The quantitative estimate of drug-likeness (QED) is 0.880. The molecule has 0 bridgehead atoms. The minimum absolute atomic E-state index is 0.561. The van der Waals surface area contributed by atoms with Crippen LogP contribution in [0.5, 0.6) is 0 Å². The zero-order valence-electron chi connectivity index (χ0n) is 14.1. The highest BCUT2D eigenvalue weighted by atomic mass is 16.5. The summed E-state index contributed by atoms with van der Waals surface area (Å²) in [5, 5.41) is 7.25. The SMILES string of the molecule is Cc1noc(CNc2ccccc2CN(C)C2CCCCC2)n1. The van der Waals surface area contributed by atoms with Crippen molar-refractivity contribution in [1.29, 1.82) is 0 Å². The molecular weight excluding hydrogens is 288 g/mol. The summed E-state index contributed by atoms with van der Waals surface area (Å²) >= 11 is 0. The summed E-state index contributed by atoms with van der Waals surface area (Å²) in [6.07, 6.45) is 6.78. The summed E-state index contributed by atoms with van der Waals surface area (Å²) in [6.45, 7) is 3.36. The molecule has 1 aliphatic rings. The van der Waals surface area contributed by atoms with Gasteiger partial charge in [0.05, 0.1) is 6.54 Å². The van der Waals surface area contributed by atoms with Crippen molar-refractivity contribution in [2.45, 2.75) is 58.2 Å². The van der Waals surface area contributed by atoms with E-state index in [9.17, 15) is 0 Å². The van der Waals surface area contributed by atoms with Gasteiger partial charge in [0.1, 0.15) is 0 Å². The molecule has 0 radical (unpaired) electrons. The maximum absolute atomic E-state index is 5.17. The predicted octanol–water partition coefficient (Wildman–Crippen LogP) is 3.75. The van der Waals surface area contributed by atoms with Crippen molar-refractivity contribution >= 4 is 5.69 Å². The monoisotopic (exact) mass is 314 g/mol. The molecule has 124 valence electrons. The van der Waals surface area contributed by atoms with Gasteiger partial charge in [0, 0.05) is 18.3 Å². The lowest BCUT2D eigenvalue weighted by Gasteiger charge is -2.31. The first-order valence-corrected chi connectivity index (χ1v) is 8.53. The van der Waals surface area contributed by atoms with Crippen LogP contribution in [0.25, 0.3) is 0 Å². The lowest BCUT2D eigenvalue weighted by Crippen LogP contribution is -2.33. The fraction of sp³-hybridized carbons (Fsp3) is 0.556. The van der Waals surface area contributed by atoms with Gasteiger partial charge in [-0.2, -0.15) is 4.98 Å². The van der Waals surface area contributed by atoms with Gasteiger partial charge < -0.3 is 9.84 Å². The second kappa shape index (κ2) is 7.59. The van der Waals surface area contributed by atoms with Crippen LogP contribution < -0.4 is 5.32 Å². The van der Waals surface area contributed by atoms with Gasteiger partial charge in [-0.1, -0.05) is 42.6 Å². The average Bonchev–Trinajstić information content (AvgIpc) is 3.00. The minimum Gasteiger partial charge on any atom is -0.376 e. The number of nitrogens with zero attached hydrogens (tertiary/aromatic N) is 3. The van der Waals surface area contributed by atoms with E-state index in [1.165, 1.54) is 37.7 Å². The molecule has 3 rings (SSSR count). The van der Waals surface area contributed by atoms with E-state index in [-0.39, 0.29) is 0 Å². The summed E-state index contributed by atoms with van der Waals surface area (Å²) < 4.78 is 5.17. The Bertz CT molecular complexity index is 619. The number of aryl methyl sites for hydroxylation is 1. The molecule has 0 saturated heterocycles. The van der Waals surface area contributed by atoms with E-state index in [0.717, 1.165) is 18.3 Å². The highest BCUT2D eigenvalue weighted by Crippen LogP contribution is 2.25. The molecule has 1 heterocycles. The standard InChI is InChI=1S/C18H26N4O/c1-14-20-18(23-21-14)12-19-17-11-7-6-8-15(17)13-22(2)16-9-4-3-5-10-16/h6-8,11,16,19H,3-5,9-10,12-13H2,1-2H3. The van der Waals surface area contributed by atoms with E-state index >= 15 is 0 Å². The Labute approximate surface area is 138 Å². The first-order valence-electron chi connectivity index (χ1n) is 8.53. The van der Waals surface area contributed by atoms with Gasteiger partial charge in [-0.3, -0.25) is 4.90 Å². The number of anilines is 1. The van der Waals surface area contributed by atoms with Crippen molar-refractivity contribution in [2.24, 2.45) is 0 Å². The highest BCUT2D eigenvalue weighted by molar-refractivity contribution is 5.51. The molecule has 23 heavy (non-hydrogen) atoms. The molecule has 1 aromatic carbocycles. The molecule has 2 aromatic rings. The summed E-state index contributed by atoms with van der Waals surface area (Å²) in [5.74, 6) is 1.30. The Hall–Kier alpha value is -1.88. The Morgan fingerprint density at radius 3 is 2.74 bits per heavy atom. The second-order valence-electron chi connectivity index (χ2n) is 6.45. The van der Waals surface area contributed by atoms with Crippen molar-refractivity contribution in [3.8, 4) is 0 Å². The molecule has 0 aliphatic heterocycles. The largest absolute Gasteiger partial charge is 0.376 e. The van der Waals surface area contributed by atoms with Crippen molar-refractivity contribution in [1.82, 2.24) is 15.0 Å². The molecule has 5 heteroatoms. The molecule has 0 amide bonds.